The first kappa shape index (κ1) is 20.8. The van der Waals surface area contributed by atoms with Crippen LogP contribution in [-0.4, -0.2) is 26.6 Å². The van der Waals surface area contributed by atoms with Gasteiger partial charge in [-0.3, -0.25) is 4.57 Å². The standard InChI is InChI=1S/C25H21ClN6O/c1-33-21-13-7-11-18-22(21)30-25(31-23(18)28-14-16-8-3-2-4-9-16)32-15-20(29-24(32)27)17-10-5-6-12-19(17)26/h2-13,15H,14H2,1H3,(H2,27,29)(H,28,30,31). The molecule has 5 rings (SSSR count). The van der Waals surface area contributed by atoms with Gasteiger partial charge in [-0.25, -0.2) is 9.97 Å². The maximum Gasteiger partial charge on any atom is 0.239 e. The minimum atomic E-state index is 0.258. The Balaban J connectivity index is 1.62. The number of rotatable bonds is 6. The Morgan fingerprint density at radius 2 is 1.73 bits per heavy atom. The van der Waals surface area contributed by atoms with E-state index in [1.54, 1.807) is 17.9 Å². The number of nitrogens with zero attached hydrogens (tertiary/aromatic N) is 4. The fourth-order valence-electron chi connectivity index (χ4n) is 3.66. The molecule has 0 aliphatic rings. The van der Waals surface area contributed by atoms with Gasteiger partial charge in [0, 0.05) is 23.7 Å². The van der Waals surface area contributed by atoms with E-state index in [4.69, 9.17) is 32.0 Å². The van der Waals surface area contributed by atoms with E-state index < -0.39 is 0 Å². The van der Waals surface area contributed by atoms with Gasteiger partial charge < -0.3 is 15.8 Å². The first-order valence-electron chi connectivity index (χ1n) is 10.4. The molecule has 2 heterocycles. The van der Waals surface area contributed by atoms with E-state index in [1.807, 2.05) is 60.7 Å². The number of nitrogen functional groups attached to an aromatic ring is 1. The van der Waals surface area contributed by atoms with Crippen molar-refractivity contribution in [3.8, 4) is 23.0 Å². The van der Waals surface area contributed by atoms with Gasteiger partial charge in [-0.2, -0.15) is 4.98 Å². The lowest BCUT2D eigenvalue weighted by Gasteiger charge is -2.13. The number of para-hydroxylation sites is 1. The monoisotopic (exact) mass is 456 g/mol. The van der Waals surface area contributed by atoms with Gasteiger partial charge in [0.05, 0.1) is 17.8 Å². The fourth-order valence-corrected chi connectivity index (χ4v) is 3.89. The van der Waals surface area contributed by atoms with Crippen molar-refractivity contribution in [1.82, 2.24) is 19.5 Å². The van der Waals surface area contributed by atoms with Crippen LogP contribution in [0.5, 0.6) is 5.75 Å². The van der Waals surface area contributed by atoms with Crippen molar-refractivity contribution >= 4 is 34.3 Å². The highest BCUT2D eigenvalue weighted by Gasteiger charge is 2.17. The normalized spacial score (nSPS) is 11.0. The SMILES string of the molecule is COc1cccc2c(NCc3ccccc3)nc(-n3cc(-c4ccccc4Cl)nc3N)nc12. The minimum absolute atomic E-state index is 0.258. The van der Waals surface area contributed by atoms with Gasteiger partial charge in [0.1, 0.15) is 17.1 Å². The molecule has 8 heteroatoms. The Kier molecular flexibility index (Phi) is 5.54. The number of benzene rings is 3. The van der Waals surface area contributed by atoms with Gasteiger partial charge in [0.2, 0.25) is 11.9 Å². The van der Waals surface area contributed by atoms with Crippen molar-refractivity contribution in [2.45, 2.75) is 6.54 Å². The second-order valence-electron chi connectivity index (χ2n) is 7.40. The molecule has 0 saturated carbocycles. The number of imidazole rings is 1. The van der Waals surface area contributed by atoms with Crippen molar-refractivity contribution in [2.24, 2.45) is 0 Å². The molecule has 0 amide bonds. The fraction of sp³-hybridized carbons (Fsp3) is 0.0800. The van der Waals surface area contributed by atoms with Gasteiger partial charge in [0.25, 0.3) is 0 Å². The van der Waals surface area contributed by atoms with Crippen LogP contribution in [0.2, 0.25) is 5.02 Å². The van der Waals surface area contributed by atoms with Crippen LogP contribution >= 0.6 is 11.6 Å². The predicted octanol–water partition coefficient (Wildman–Crippen LogP) is 5.34. The average Bonchev–Trinajstić information content (AvgIpc) is 3.24. The highest BCUT2D eigenvalue weighted by Crippen LogP contribution is 2.32. The van der Waals surface area contributed by atoms with Gasteiger partial charge in [0.15, 0.2) is 0 Å². The summed E-state index contributed by atoms with van der Waals surface area (Å²) in [4.78, 5) is 14.0. The van der Waals surface area contributed by atoms with Crippen LogP contribution in [0.15, 0.2) is 79.0 Å². The predicted molar refractivity (Wildman–Crippen MR) is 132 cm³/mol. The highest BCUT2D eigenvalue weighted by atomic mass is 35.5. The van der Waals surface area contributed by atoms with Crippen molar-refractivity contribution < 1.29 is 4.74 Å². The summed E-state index contributed by atoms with van der Waals surface area (Å²) in [6.45, 7) is 0.605. The maximum absolute atomic E-state index is 6.36. The van der Waals surface area contributed by atoms with E-state index in [9.17, 15) is 0 Å². The van der Waals surface area contributed by atoms with E-state index in [2.05, 4.69) is 22.4 Å². The Morgan fingerprint density at radius 1 is 0.939 bits per heavy atom. The largest absolute Gasteiger partial charge is 0.494 e. The number of hydrogen-bond acceptors (Lipinski definition) is 6. The molecule has 0 aliphatic heterocycles. The lowest BCUT2D eigenvalue weighted by Crippen LogP contribution is -2.09. The summed E-state index contributed by atoms with van der Waals surface area (Å²) >= 11 is 6.36. The summed E-state index contributed by atoms with van der Waals surface area (Å²) < 4.78 is 7.22. The van der Waals surface area contributed by atoms with E-state index in [-0.39, 0.29) is 5.95 Å². The zero-order chi connectivity index (χ0) is 22.8. The first-order valence-corrected chi connectivity index (χ1v) is 10.7. The van der Waals surface area contributed by atoms with Crippen molar-refractivity contribution in [2.75, 3.05) is 18.2 Å². The first-order chi connectivity index (χ1) is 16.1. The quantitative estimate of drug-likeness (QED) is 0.358. The van der Waals surface area contributed by atoms with E-state index in [1.165, 1.54) is 0 Å². The Hall–Kier alpha value is -4.10. The van der Waals surface area contributed by atoms with E-state index in [0.29, 0.717) is 40.3 Å². The van der Waals surface area contributed by atoms with Crippen molar-refractivity contribution in [3.63, 3.8) is 0 Å². The minimum Gasteiger partial charge on any atom is -0.494 e. The number of methoxy groups -OCH3 is 1. The zero-order valence-electron chi connectivity index (χ0n) is 17.9. The number of halogens is 1. The topological polar surface area (TPSA) is 90.9 Å². The van der Waals surface area contributed by atoms with Crippen LogP contribution in [-0.2, 0) is 6.54 Å². The second kappa shape index (κ2) is 8.80. The number of fused-ring (bicyclic) bond motifs is 1. The highest BCUT2D eigenvalue weighted by molar-refractivity contribution is 6.33. The third-order valence-corrected chi connectivity index (χ3v) is 5.63. The van der Waals surface area contributed by atoms with Crippen molar-refractivity contribution in [1.29, 1.82) is 0 Å². The molecule has 0 aliphatic carbocycles. The molecule has 0 radical (unpaired) electrons. The molecule has 0 fully saturated rings. The maximum atomic E-state index is 6.36. The molecule has 7 nitrogen and oxygen atoms in total. The molecular formula is C25H21ClN6O. The van der Waals surface area contributed by atoms with Crippen LogP contribution in [0.25, 0.3) is 28.1 Å². The second-order valence-corrected chi connectivity index (χ2v) is 7.81. The molecule has 0 spiro atoms. The molecule has 0 unspecified atom stereocenters. The Morgan fingerprint density at radius 3 is 2.52 bits per heavy atom. The van der Waals surface area contributed by atoms with Crippen LogP contribution in [0.1, 0.15) is 5.56 Å². The van der Waals surface area contributed by atoms with Crippen LogP contribution < -0.4 is 15.8 Å². The summed E-state index contributed by atoms with van der Waals surface area (Å²) in [5.74, 6) is 1.95. The number of aromatic nitrogens is 4. The molecule has 164 valence electrons. The molecule has 3 N–H and O–H groups in total. The third-order valence-electron chi connectivity index (χ3n) is 5.30. The van der Waals surface area contributed by atoms with E-state index in [0.717, 1.165) is 16.5 Å². The summed E-state index contributed by atoms with van der Waals surface area (Å²) in [7, 11) is 1.62. The number of nitrogens with two attached hydrogens (primary N) is 1. The van der Waals surface area contributed by atoms with Gasteiger partial charge in [-0.05, 0) is 23.8 Å². The average molecular weight is 457 g/mol. The van der Waals surface area contributed by atoms with Gasteiger partial charge in [-0.15, -0.1) is 0 Å². The van der Waals surface area contributed by atoms with Crippen LogP contribution in [0, 0.1) is 0 Å². The summed E-state index contributed by atoms with van der Waals surface area (Å²) in [6.07, 6.45) is 1.79. The molecule has 3 aromatic carbocycles. The molecule has 0 atom stereocenters. The summed E-state index contributed by atoms with van der Waals surface area (Å²) in [5, 5.41) is 4.87. The lowest BCUT2D eigenvalue weighted by atomic mass is 10.2. The smallest absolute Gasteiger partial charge is 0.239 e. The Bertz CT molecular complexity index is 1430. The third kappa shape index (κ3) is 4.06. The van der Waals surface area contributed by atoms with Gasteiger partial charge in [-0.1, -0.05) is 66.2 Å². The number of nitrogens with one attached hydrogen (secondary N) is 1. The summed E-state index contributed by atoms with van der Waals surface area (Å²) in [6, 6.07) is 23.3. The number of hydrogen-bond donors (Lipinski definition) is 2. The van der Waals surface area contributed by atoms with Gasteiger partial charge >= 0.3 is 0 Å². The zero-order valence-corrected chi connectivity index (χ0v) is 18.6. The molecular weight excluding hydrogens is 436 g/mol. The molecule has 33 heavy (non-hydrogen) atoms. The van der Waals surface area contributed by atoms with Crippen molar-refractivity contribution in [3.05, 3.63) is 89.6 Å². The number of anilines is 2. The molecule has 0 bridgehead atoms. The van der Waals surface area contributed by atoms with Crippen LogP contribution in [0.4, 0.5) is 11.8 Å². The lowest BCUT2D eigenvalue weighted by molar-refractivity contribution is 0.419. The molecule has 5 aromatic rings. The summed E-state index contributed by atoms with van der Waals surface area (Å²) in [5.41, 5.74) is 9.50. The number of ether oxygens (including phenoxy) is 1. The molecule has 0 saturated heterocycles. The Labute approximate surface area is 195 Å². The van der Waals surface area contributed by atoms with E-state index >= 15 is 0 Å². The van der Waals surface area contributed by atoms with Crippen LogP contribution in [0.3, 0.4) is 0 Å². The molecule has 2 aromatic heterocycles.